The molecule has 1 heterocycles. The van der Waals surface area contributed by atoms with Gasteiger partial charge < -0.3 is 5.32 Å². The van der Waals surface area contributed by atoms with Crippen molar-refractivity contribution in [1.29, 1.82) is 0 Å². The summed E-state index contributed by atoms with van der Waals surface area (Å²) in [5, 5.41) is 6.78. The smallest absolute Gasteiger partial charge is 0.0201 e. The van der Waals surface area contributed by atoms with Gasteiger partial charge in [0.1, 0.15) is 0 Å². The summed E-state index contributed by atoms with van der Waals surface area (Å²) in [6, 6.07) is 5.15. The molecule has 2 rings (SSSR count). The van der Waals surface area contributed by atoms with Gasteiger partial charge in [-0.05, 0) is 36.5 Å². The predicted molar refractivity (Wildman–Crippen MR) is 75.6 cm³/mol. The maximum atomic E-state index is 3.74. The van der Waals surface area contributed by atoms with Crippen LogP contribution in [-0.4, -0.2) is 23.6 Å². The van der Waals surface area contributed by atoms with Crippen LogP contribution in [-0.2, 0) is 6.42 Å². The van der Waals surface area contributed by atoms with Crippen molar-refractivity contribution in [3.05, 3.63) is 22.4 Å². The normalized spacial score (nSPS) is 25.1. The van der Waals surface area contributed by atoms with Crippen LogP contribution >= 0.6 is 23.1 Å². The van der Waals surface area contributed by atoms with E-state index < -0.39 is 0 Å². The van der Waals surface area contributed by atoms with Crippen molar-refractivity contribution >= 4 is 23.1 Å². The molecule has 0 aliphatic heterocycles. The molecule has 1 aliphatic rings. The van der Waals surface area contributed by atoms with Crippen LogP contribution in [0.3, 0.4) is 0 Å². The van der Waals surface area contributed by atoms with E-state index in [1.165, 1.54) is 36.3 Å². The molecule has 0 bridgehead atoms. The number of hydrogen-bond donors (Lipinski definition) is 1. The first-order valence-electron chi connectivity index (χ1n) is 6.27. The zero-order valence-corrected chi connectivity index (χ0v) is 11.6. The Morgan fingerprint density at radius 3 is 3.19 bits per heavy atom. The van der Waals surface area contributed by atoms with Crippen molar-refractivity contribution < 1.29 is 0 Å². The van der Waals surface area contributed by atoms with Gasteiger partial charge in [-0.15, -0.1) is 11.3 Å². The number of thiophene rings is 1. The average Bonchev–Trinajstić information content (AvgIpc) is 2.91. The molecule has 16 heavy (non-hydrogen) atoms. The second-order valence-electron chi connectivity index (χ2n) is 4.31. The van der Waals surface area contributed by atoms with E-state index in [4.69, 9.17) is 0 Å². The van der Waals surface area contributed by atoms with E-state index in [2.05, 4.69) is 41.5 Å². The molecule has 1 fully saturated rings. The van der Waals surface area contributed by atoms with Crippen molar-refractivity contribution in [3.63, 3.8) is 0 Å². The molecule has 1 nitrogen and oxygen atoms in total. The lowest BCUT2D eigenvalue weighted by atomic mass is 10.2. The molecular weight excluding hydrogens is 234 g/mol. The monoisotopic (exact) mass is 255 g/mol. The van der Waals surface area contributed by atoms with E-state index in [1.807, 2.05) is 11.3 Å². The Bertz CT molecular complexity index is 284. The molecule has 3 heteroatoms. The Labute approximate surface area is 107 Å². The summed E-state index contributed by atoms with van der Waals surface area (Å²) in [7, 11) is 0. The Kier molecular flexibility index (Phi) is 5.20. The van der Waals surface area contributed by atoms with Crippen LogP contribution in [0.4, 0.5) is 0 Å². The van der Waals surface area contributed by atoms with Crippen molar-refractivity contribution in [3.8, 4) is 0 Å². The molecule has 90 valence electrons. The zero-order chi connectivity index (χ0) is 11.2. The third kappa shape index (κ3) is 3.51. The first-order chi connectivity index (χ1) is 7.90. The van der Waals surface area contributed by atoms with Gasteiger partial charge in [0.25, 0.3) is 0 Å². The standard InChI is InChI=1S/C13H21NS2/c1-2-15-13-7-3-6-12(13)14-9-8-11-5-4-10-16-11/h4-5,10,12-14H,2-3,6-9H2,1H3. The molecule has 1 aromatic heterocycles. The second-order valence-corrected chi connectivity index (χ2v) is 6.86. The van der Waals surface area contributed by atoms with Crippen LogP contribution in [0, 0.1) is 0 Å². The predicted octanol–water partition coefficient (Wildman–Crippen LogP) is 3.55. The first kappa shape index (κ1) is 12.5. The van der Waals surface area contributed by atoms with Gasteiger partial charge >= 0.3 is 0 Å². The summed E-state index contributed by atoms with van der Waals surface area (Å²) < 4.78 is 0. The van der Waals surface area contributed by atoms with Crippen molar-refractivity contribution in [2.75, 3.05) is 12.3 Å². The number of thioether (sulfide) groups is 1. The van der Waals surface area contributed by atoms with Gasteiger partial charge in [0.15, 0.2) is 0 Å². The van der Waals surface area contributed by atoms with Gasteiger partial charge in [-0.2, -0.15) is 11.8 Å². The highest BCUT2D eigenvalue weighted by Gasteiger charge is 2.26. The summed E-state index contributed by atoms with van der Waals surface area (Å²) in [4.78, 5) is 1.50. The highest BCUT2D eigenvalue weighted by atomic mass is 32.2. The van der Waals surface area contributed by atoms with Gasteiger partial charge in [-0.25, -0.2) is 0 Å². The molecule has 0 aromatic carbocycles. The maximum Gasteiger partial charge on any atom is 0.0201 e. The first-order valence-corrected chi connectivity index (χ1v) is 8.20. The Hall–Kier alpha value is 0.01000. The molecule has 1 saturated carbocycles. The minimum absolute atomic E-state index is 0.768. The molecule has 0 amide bonds. The van der Waals surface area contributed by atoms with Crippen LogP contribution in [0.2, 0.25) is 0 Å². The van der Waals surface area contributed by atoms with Crippen molar-refractivity contribution in [1.82, 2.24) is 5.32 Å². The molecular formula is C13H21NS2. The highest BCUT2D eigenvalue weighted by Crippen LogP contribution is 2.29. The molecule has 1 aromatic rings. The van der Waals surface area contributed by atoms with E-state index in [0.717, 1.165) is 17.8 Å². The minimum atomic E-state index is 0.768. The highest BCUT2D eigenvalue weighted by molar-refractivity contribution is 7.99. The van der Waals surface area contributed by atoms with E-state index in [1.54, 1.807) is 0 Å². The number of rotatable bonds is 6. The third-order valence-electron chi connectivity index (χ3n) is 3.19. The maximum absolute atomic E-state index is 3.74. The number of hydrogen-bond acceptors (Lipinski definition) is 3. The van der Waals surface area contributed by atoms with Gasteiger partial charge in [-0.3, -0.25) is 0 Å². The van der Waals surface area contributed by atoms with Gasteiger partial charge in [-0.1, -0.05) is 19.4 Å². The summed E-state index contributed by atoms with van der Waals surface area (Å²) in [6.45, 7) is 3.41. The SMILES string of the molecule is CCSC1CCCC1NCCc1cccs1. The fourth-order valence-electron chi connectivity index (χ4n) is 2.41. The van der Waals surface area contributed by atoms with E-state index in [0.29, 0.717) is 0 Å². The Balaban J connectivity index is 1.69. The Morgan fingerprint density at radius 2 is 2.44 bits per heavy atom. The molecule has 0 radical (unpaired) electrons. The molecule has 0 spiro atoms. The summed E-state index contributed by atoms with van der Waals surface area (Å²) in [5.74, 6) is 1.26. The molecule has 1 N–H and O–H groups in total. The van der Waals surface area contributed by atoms with E-state index in [9.17, 15) is 0 Å². The van der Waals surface area contributed by atoms with E-state index in [-0.39, 0.29) is 0 Å². The minimum Gasteiger partial charge on any atom is -0.313 e. The zero-order valence-electron chi connectivity index (χ0n) is 9.95. The quantitative estimate of drug-likeness (QED) is 0.834. The third-order valence-corrected chi connectivity index (χ3v) is 5.45. The second kappa shape index (κ2) is 6.67. The average molecular weight is 255 g/mol. The molecule has 2 unspecified atom stereocenters. The Morgan fingerprint density at radius 1 is 1.50 bits per heavy atom. The fourth-order valence-corrected chi connectivity index (χ4v) is 4.34. The van der Waals surface area contributed by atoms with E-state index >= 15 is 0 Å². The van der Waals surface area contributed by atoms with Gasteiger partial charge in [0.05, 0.1) is 0 Å². The van der Waals surface area contributed by atoms with Crippen LogP contribution < -0.4 is 5.32 Å². The molecule has 2 atom stereocenters. The lowest BCUT2D eigenvalue weighted by molar-refractivity contribution is 0.536. The number of nitrogens with one attached hydrogen (secondary N) is 1. The van der Waals surface area contributed by atoms with Crippen molar-refractivity contribution in [2.45, 2.75) is 43.9 Å². The summed E-state index contributed by atoms with van der Waals surface area (Å²) in [5.41, 5.74) is 0. The topological polar surface area (TPSA) is 12.0 Å². The summed E-state index contributed by atoms with van der Waals surface area (Å²) >= 11 is 4.01. The lowest BCUT2D eigenvalue weighted by Crippen LogP contribution is -2.35. The molecule has 0 saturated heterocycles. The van der Waals surface area contributed by atoms with Gasteiger partial charge in [0, 0.05) is 22.7 Å². The van der Waals surface area contributed by atoms with Crippen LogP contribution in [0.15, 0.2) is 17.5 Å². The van der Waals surface area contributed by atoms with Gasteiger partial charge in [0.2, 0.25) is 0 Å². The lowest BCUT2D eigenvalue weighted by Gasteiger charge is -2.19. The largest absolute Gasteiger partial charge is 0.313 e. The van der Waals surface area contributed by atoms with Crippen molar-refractivity contribution in [2.24, 2.45) is 0 Å². The fraction of sp³-hybridized carbons (Fsp3) is 0.692. The summed E-state index contributed by atoms with van der Waals surface area (Å²) in [6.07, 6.45) is 5.39. The van der Waals surface area contributed by atoms with Crippen LogP contribution in [0.5, 0.6) is 0 Å². The van der Waals surface area contributed by atoms with Crippen LogP contribution in [0.1, 0.15) is 31.1 Å². The molecule has 1 aliphatic carbocycles. The van der Waals surface area contributed by atoms with Crippen LogP contribution in [0.25, 0.3) is 0 Å².